The molecule has 0 radical (unpaired) electrons. The number of allylic oxidation sites excluding steroid dienone is 2. The minimum Gasteiger partial charge on any atom is -0.364 e. The molecular formula is C12H14N4O2. The maximum absolute atomic E-state index is 11.8. The minimum atomic E-state index is -0.361. The molecule has 1 unspecified atom stereocenters. The predicted molar refractivity (Wildman–Crippen MR) is 64.6 cm³/mol. The Morgan fingerprint density at radius 3 is 3.00 bits per heavy atom. The predicted octanol–water partition coefficient (Wildman–Crippen LogP) is 0.432. The number of hydrogen-bond acceptors (Lipinski definition) is 4. The summed E-state index contributed by atoms with van der Waals surface area (Å²) in [5.41, 5.74) is 1.18. The number of carbonyl (C=O) groups excluding carboxylic acids is 2. The molecule has 1 saturated heterocycles. The molecular weight excluding hydrogens is 232 g/mol. The first-order valence-corrected chi connectivity index (χ1v) is 5.88. The highest BCUT2D eigenvalue weighted by atomic mass is 16.2. The molecule has 0 aromatic heterocycles. The van der Waals surface area contributed by atoms with Gasteiger partial charge in [-0.15, -0.1) is 0 Å². The third-order valence-corrected chi connectivity index (χ3v) is 3.28. The second-order valence-corrected chi connectivity index (χ2v) is 4.49. The average Bonchev–Trinajstić information content (AvgIpc) is 2.74. The topological polar surface area (TPSA) is 64.7 Å². The Morgan fingerprint density at radius 1 is 1.39 bits per heavy atom. The Bertz CT molecular complexity index is 506. The minimum absolute atomic E-state index is 0.0652. The van der Waals surface area contributed by atoms with Crippen LogP contribution in [0.5, 0.6) is 0 Å². The number of rotatable bonds is 1. The lowest BCUT2D eigenvalue weighted by atomic mass is 10.1. The van der Waals surface area contributed by atoms with Crippen molar-refractivity contribution in [3.05, 3.63) is 35.9 Å². The molecule has 6 heteroatoms. The van der Waals surface area contributed by atoms with Gasteiger partial charge in [0.15, 0.2) is 0 Å². The van der Waals surface area contributed by atoms with Gasteiger partial charge >= 0.3 is 6.03 Å². The molecule has 3 amide bonds. The van der Waals surface area contributed by atoms with E-state index in [1.165, 1.54) is 5.57 Å². The van der Waals surface area contributed by atoms with Crippen molar-refractivity contribution in [3.8, 4) is 0 Å². The van der Waals surface area contributed by atoms with Crippen molar-refractivity contribution < 1.29 is 9.59 Å². The average molecular weight is 246 g/mol. The summed E-state index contributed by atoms with van der Waals surface area (Å²) in [6.07, 6.45) is 8.11. The van der Waals surface area contributed by atoms with Gasteiger partial charge in [0.2, 0.25) is 5.91 Å². The van der Waals surface area contributed by atoms with E-state index < -0.39 is 0 Å². The van der Waals surface area contributed by atoms with Crippen LogP contribution < -0.4 is 10.6 Å². The van der Waals surface area contributed by atoms with Crippen LogP contribution >= 0.6 is 0 Å². The maximum Gasteiger partial charge on any atom is 0.329 e. The number of hydrogen-bond donors (Lipinski definition) is 2. The molecule has 6 nitrogen and oxygen atoms in total. The smallest absolute Gasteiger partial charge is 0.329 e. The largest absolute Gasteiger partial charge is 0.364 e. The lowest BCUT2D eigenvalue weighted by Crippen LogP contribution is -2.51. The zero-order chi connectivity index (χ0) is 12.7. The molecule has 0 saturated carbocycles. The van der Waals surface area contributed by atoms with Crippen LogP contribution in [0.15, 0.2) is 35.9 Å². The van der Waals surface area contributed by atoms with Gasteiger partial charge in [-0.1, -0.05) is 6.08 Å². The van der Waals surface area contributed by atoms with Gasteiger partial charge in [0.1, 0.15) is 12.0 Å². The third-order valence-electron chi connectivity index (χ3n) is 3.28. The Kier molecular flexibility index (Phi) is 2.36. The summed E-state index contributed by atoms with van der Waals surface area (Å²) >= 11 is 0. The van der Waals surface area contributed by atoms with Gasteiger partial charge in [0, 0.05) is 25.4 Å². The molecule has 0 aromatic carbocycles. The van der Waals surface area contributed by atoms with Crippen LogP contribution in [-0.2, 0) is 4.79 Å². The fourth-order valence-electron chi connectivity index (χ4n) is 2.33. The van der Waals surface area contributed by atoms with E-state index in [0.717, 1.165) is 5.82 Å². The first-order valence-electron chi connectivity index (χ1n) is 5.88. The maximum atomic E-state index is 11.8. The van der Waals surface area contributed by atoms with Crippen LogP contribution in [0.4, 0.5) is 4.79 Å². The van der Waals surface area contributed by atoms with E-state index in [9.17, 15) is 9.59 Å². The number of nitrogens with one attached hydrogen (secondary N) is 2. The number of nitrogens with zero attached hydrogens (tertiary/aromatic N) is 2. The second kappa shape index (κ2) is 3.90. The van der Waals surface area contributed by atoms with Crippen LogP contribution in [0.3, 0.4) is 0 Å². The highest BCUT2D eigenvalue weighted by Crippen LogP contribution is 2.26. The van der Waals surface area contributed by atoms with Crippen LogP contribution in [0, 0.1) is 0 Å². The third kappa shape index (κ3) is 1.57. The van der Waals surface area contributed by atoms with Gasteiger partial charge in [-0.3, -0.25) is 15.0 Å². The van der Waals surface area contributed by atoms with Crippen molar-refractivity contribution >= 4 is 11.9 Å². The number of amides is 3. The number of fused-ring (bicyclic) bond motifs is 1. The molecule has 1 fully saturated rings. The van der Waals surface area contributed by atoms with E-state index in [4.69, 9.17) is 0 Å². The number of urea groups is 1. The first-order chi connectivity index (χ1) is 8.66. The van der Waals surface area contributed by atoms with Crippen LogP contribution in [-0.4, -0.2) is 34.4 Å². The molecule has 3 aliphatic rings. The summed E-state index contributed by atoms with van der Waals surface area (Å²) in [5.74, 6) is 0.554. The number of carbonyl (C=O) groups is 2. The first kappa shape index (κ1) is 10.9. The van der Waals surface area contributed by atoms with E-state index in [1.54, 1.807) is 4.90 Å². The molecule has 0 spiro atoms. The van der Waals surface area contributed by atoms with Crippen molar-refractivity contribution in [3.63, 3.8) is 0 Å². The SMILES string of the molecule is CC1=CC=CN2C(N3CCC(=O)NC3=O)=CNC12. The monoisotopic (exact) mass is 246 g/mol. The molecule has 0 aromatic rings. The zero-order valence-corrected chi connectivity index (χ0v) is 10.0. The highest BCUT2D eigenvalue weighted by Gasteiger charge is 2.34. The van der Waals surface area contributed by atoms with Crippen molar-refractivity contribution in [2.24, 2.45) is 0 Å². The Labute approximate surface area is 105 Å². The van der Waals surface area contributed by atoms with Crippen molar-refractivity contribution in [2.75, 3.05) is 6.54 Å². The van der Waals surface area contributed by atoms with Crippen LogP contribution in [0.2, 0.25) is 0 Å². The normalized spacial score (nSPS) is 26.4. The van der Waals surface area contributed by atoms with Gasteiger partial charge in [-0.25, -0.2) is 4.79 Å². The molecule has 94 valence electrons. The van der Waals surface area contributed by atoms with Crippen molar-refractivity contribution in [1.29, 1.82) is 0 Å². The second-order valence-electron chi connectivity index (χ2n) is 4.49. The molecule has 1 atom stereocenters. The van der Waals surface area contributed by atoms with E-state index in [0.29, 0.717) is 13.0 Å². The lowest BCUT2D eigenvalue weighted by molar-refractivity contribution is -0.121. The standard InChI is InChI=1S/C12H14N4O2/c1-8-3-2-5-15-10(7-13-11(8)15)16-6-4-9(17)14-12(16)18/h2-3,5,7,11,13H,4,6H2,1H3,(H,14,17,18). The molecule has 0 aliphatic carbocycles. The summed E-state index contributed by atoms with van der Waals surface area (Å²) in [5, 5.41) is 5.55. The van der Waals surface area contributed by atoms with Crippen molar-refractivity contribution in [1.82, 2.24) is 20.4 Å². The summed E-state index contributed by atoms with van der Waals surface area (Å²) < 4.78 is 0. The number of imide groups is 1. The Balaban J connectivity index is 1.82. The Hall–Kier alpha value is -2.24. The molecule has 0 bridgehead atoms. The quantitative estimate of drug-likeness (QED) is 0.704. The summed E-state index contributed by atoms with van der Waals surface area (Å²) in [6, 6.07) is -0.361. The molecule has 3 rings (SSSR count). The van der Waals surface area contributed by atoms with E-state index in [2.05, 4.69) is 10.6 Å². The summed E-state index contributed by atoms with van der Waals surface area (Å²) in [6.45, 7) is 2.45. The van der Waals surface area contributed by atoms with Gasteiger partial charge in [-0.2, -0.15) is 0 Å². The van der Waals surface area contributed by atoms with Crippen molar-refractivity contribution in [2.45, 2.75) is 19.5 Å². The molecule has 18 heavy (non-hydrogen) atoms. The molecule has 3 heterocycles. The highest BCUT2D eigenvalue weighted by molar-refractivity contribution is 5.97. The molecule has 3 aliphatic heterocycles. The fraction of sp³-hybridized carbons (Fsp3) is 0.333. The summed E-state index contributed by atoms with van der Waals surface area (Å²) in [4.78, 5) is 26.5. The van der Waals surface area contributed by atoms with Crippen LogP contribution in [0.1, 0.15) is 13.3 Å². The van der Waals surface area contributed by atoms with E-state index in [1.807, 2.05) is 36.4 Å². The zero-order valence-electron chi connectivity index (χ0n) is 10.0. The van der Waals surface area contributed by atoms with E-state index >= 15 is 0 Å². The van der Waals surface area contributed by atoms with Gasteiger partial charge in [0.05, 0.1) is 0 Å². The summed E-state index contributed by atoms with van der Waals surface area (Å²) in [7, 11) is 0. The van der Waals surface area contributed by atoms with Gasteiger partial charge in [-0.05, 0) is 18.6 Å². The molecule has 2 N–H and O–H groups in total. The van der Waals surface area contributed by atoms with Gasteiger partial charge < -0.3 is 10.2 Å². The van der Waals surface area contributed by atoms with Crippen LogP contribution in [0.25, 0.3) is 0 Å². The Morgan fingerprint density at radius 2 is 2.22 bits per heavy atom. The van der Waals surface area contributed by atoms with Gasteiger partial charge in [0.25, 0.3) is 0 Å². The van der Waals surface area contributed by atoms with E-state index in [-0.39, 0.29) is 18.1 Å². The lowest BCUT2D eigenvalue weighted by Gasteiger charge is -2.35. The fourth-order valence-corrected chi connectivity index (χ4v) is 2.33.